The summed E-state index contributed by atoms with van der Waals surface area (Å²) >= 11 is 0. The number of amides is 1. The summed E-state index contributed by atoms with van der Waals surface area (Å²) in [7, 11) is 1.90. The van der Waals surface area contributed by atoms with Gasteiger partial charge < -0.3 is 26.1 Å². The van der Waals surface area contributed by atoms with Crippen LogP contribution in [0.1, 0.15) is 30.0 Å². The smallest absolute Gasteiger partial charge is 0.270 e. The maximum atomic E-state index is 12.7. The Morgan fingerprint density at radius 1 is 1.25 bits per heavy atom. The van der Waals surface area contributed by atoms with Crippen molar-refractivity contribution in [3.8, 4) is 23.0 Å². The van der Waals surface area contributed by atoms with Crippen molar-refractivity contribution in [2.75, 3.05) is 25.9 Å². The summed E-state index contributed by atoms with van der Waals surface area (Å²) < 4.78 is 5.85. The van der Waals surface area contributed by atoms with Crippen LogP contribution in [0.5, 0.6) is 0 Å². The Kier molecular flexibility index (Phi) is 5.32. The highest BCUT2D eigenvalue weighted by Gasteiger charge is 2.48. The van der Waals surface area contributed by atoms with Gasteiger partial charge in [0.15, 0.2) is 11.5 Å². The summed E-state index contributed by atoms with van der Waals surface area (Å²) in [4.78, 5) is 23.5. The van der Waals surface area contributed by atoms with Crippen molar-refractivity contribution in [3.05, 3.63) is 41.7 Å². The van der Waals surface area contributed by atoms with Gasteiger partial charge in [0.1, 0.15) is 0 Å². The average molecular weight is 435 g/mol. The predicted molar refractivity (Wildman–Crippen MR) is 118 cm³/mol. The lowest BCUT2D eigenvalue weighted by Gasteiger charge is -2.15. The molecule has 10 nitrogen and oxygen atoms in total. The Labute approximate surface area is 185 Å². The normalized spacial score (nSPS) is 22.3. The van der Waals surface area contributed by atoms with Gasteiger partial charge in [0, 0.05) is 43.1 Å². The molecule has 2 fully saturated rings. The van der Waals surface area contributed by atoms with Crippen molar-refractivity contribution < 1.29 is 9.21 Å². The van der Waals surface area contributed by atoms with Gasteiger partial charge >= 0.3 is 0 Å². The molecule has 2 aliphatic rings. The van der Waals surface area contributed by atoms with Crippen LogP contribution < -0.4 is 16.8 Å². The first-order chi connectivity index (χ1) is 15.5. The first-order valence-electron chi connectivity index (χ1n) is 10.8. The summed E-state index contributed by atoms with van der Waals surface area (Å²) in [6.07, 6.45) is 3.23. The average Bonchev–Trinajstić information content (AvgIpc) is 3.22. The maximum Gasteiger partial charge on any atom is 0.270 e. The van der Waals surface area contributed by atoms with E-state index in [4.69, 9.17) is 15.9 Å². The minimum absolute atomic E-state index is 0.0216. The molecule has 0 radical (unpaired) electrons. The lowest BCUT2D eigenvalue weighted by atomic mass is 10.1. The van der Waals surface area contributed by atoms with Gasteiger partial charge in [-0.2, -0.15) is 0 Å². The van der Waals surface area contributed by atoms with E-state index in [1.54, 1.807) is 6.20 Å². The zero-order valence-corrected chi connectivity index (χ0v) is 17.9. The number of carbonyl (C=O) groups is 1. The zero-order valence-electron chi connectivity index (χ0n) is 17.9. The molecule has 5 rings (SSSR count). The van der Waals surface area contributed by atoms with Crippen LogP contribution in [0.4, 0.5) is 5.82 Å². The van der Waals surface area contributed by atoms with Crippen molar-refractivity contribution in [2.24, 2.45) is 11.7 Å². The van der Waals surface area contributed by atoms with Crippen LogP contribution in [0.2, 0.25) is 0 Å². The molecule has 1 aliphatic heterocycles. The van der Waals surface area contributed by atoms with Crippen molar-refractivity contribution in [1.29, 1.82) is 0 Å². The molecule has 2 aromatic heterocycles. The number of rotatable bonds is 6. The fraction of sp³-hybridized carbons (Fsp3) is 0.409. The van der Waals surface area contributed by atoms with Gasteiger partial charge in [-0.25, -0.2) is 9.97 Å². The molecule has 3 unspecified atom stereocenters. The van der Waals surface area contributed by atoms with E-state index >= 15 is 0 Å². The molecule has 3 heterocycles. The number of nitrogens with one attached hydrogen (secondary N) is 1. The van der Waals surface area contributed by atoms with Crippen LogP contribution in [-0.2, 0) is 11.3 Å². The zero-order chi connectivity index (χ0) is 22.2. The van der Waals surface area contributed by atoms with Gasteiger partial charge in [-0.05, 0) is 37.6 Å². The molecule has 3 atom stereocenters. The summed E-state index contributed by atoms with van der Waals surface area (Å²) in [6, 6.07) is 7.94. The van der Waals surface area contributed by atoms with E-state index < -0.39 is 0 Å². The molecule has 1 aromatic carbocycles. The summed E-state index contributed by atoms with van der Waals surface area (Å²) in [5.41, 5.74) is 15.0. The summed E-state index contributed by atoms with van der Waals surface area (Å²) in [5, 5.41) is 11.4. The SMILES string of the molecule is CNCc1ccc(-c2nnc(-c3nc(C4CC4C(=O)N4CCC(N)C4)cnc3N)o2)cc1. The second kappa shape index (κ2) is 8.29. The minimum atomic E-state index is -0.0829. The van der Waals surface area contributed by atoms with Gasteiger partial charge in [0.25, 0.3) is 5.89 Å². The monoisotopic (exact) mass is 434 g/mol. The molecule has 32 heavy (non-hydrogen) atoms. The largest absolute Gasteiger partial charge is 0.414 e. The van der Waals surface area contributed by atoms with Crippen molar-refractivity contribution in [3.63, 3.8) is 0 Å². The number of nitrogens with two attached hydrogens (primary N) is 2. The predicted octanol–water partition coefficient (Wildman–Crippen LogP) is 1.16. The Balaban J connectivity index is 1.33. The lowest BCUT2D eigenvalue weighted by Crippen LogP contribution is -2.33. The van der Waals surface area contributed by atoms with Crippen molar-refractivity contribution >= 4 is 11.7 Å². The molecule has 0 bridgehead atoms. The number of aromatic nitrogens is 4. The molecule has 0 spiro atoms. The van der Waals surface area contributed by atoms with Crippen LogP contribution in [0.3, 0.4) is 0 Å². The number of hydrogen-bond donors (Lipinski definition) is 3. The fourth-order valence-electron chi connectivity index (χ4n) is 4.17. The number of likely N-dealkylation sites (tertiary alicyclic amines) is 1. The maximum absolute atomic E-state index is 12.7. The molecule has 3 aromatic rings. The molecular formula is C22H26N8O2. The van der Waals surface area contributed by atoms with E-state index in [-0.39, 0.29) is 35.5 Å². The number of nitrogens with zero attached hydrogens (tertiary/aromatic N) is 5. The van der Waals surface area contributed by atoms with Crippen LogP contribution in [-0.4, -0.2) is 57.2 Å². The topological polar surface area (TPSA) is 149 Å². The van der Waals surface area contributed by atoms with Crippen LogP contribution in [0.15, 0.2) is 34.9 Å². The van der Waals surface area contributed by atoms with Gasteiger partial charge in [0.2, 0.25) is 11.8 Å². The number of benzene rings is 1. The third-order valence-corrected chi connectivity index (χ3v) is 6.05. The van der Waals surface area contributed by atoms with E-state index in [2.05, 4.69) is 25.5 Å². The number of hydrogen-bond acceptors (Lipinski definition) is 9. The fourth-order valence-corrected chi connectivity index (χ4v) is 4.17. The standard InChI is InChI=1S/C22H26N8O2/c1-25-9-12-2-4-13(5-3-12)20-28-29-21(32-20)18-19(24)26-10-17(27-18)15-8-16(15)22(31)30-7-6-14(23)11-30/h2-5,10,14-16,25H,6-9,11,23H2,1H3,(H2,24,26). The Bertz CT molecular complexity index is 1130. The molecule has 1 aliphatic carbocycles. The van der Waals surface area contributed by atoms with E-state index in [0.29, 0.717) is 23.8 Å². The van der Waals surface area contributed by atoms with Crippen LogP contribution in [0.25, 0.3) is 23.0 Å². The van der Waals surface area contributed by atoms with Gasteiger partial charge in [-0.1, -0.05) is 12.1 Å². The molecule has 10 heteroatoms. The quantitative estimate of drug-likeness (QED) is 0.519. The first-order valence-corrected chi connectivity index (χ1v) is 10.8. The number of anilines is 1. The van der Waals surface area contributed by atoms with Gasteiger partial charge in [-0.3, -0.25) is 4.79 Å². The molecule has 166 valence electrons. The van der Waals surface area contributed by atoms with Crippen LogP contribution >= 0.6 is 0 Å². The summed E-state index contributed by atoms with van der Waals surface area (Å²) in [6.45, 7) is 2.13. The van der Waals surface area contributed by atoms with E-state index in [1.807, 2.05) is 36.2 Å². The van der Waals surface area contributed by atoms with E-state index in [1.165, 1.54) is 0 Å². The molecule has 1 saturated heterocycles. The highest BCUT2D eigenvalue weighted by Crippen LogP contribution is 2.48. The molecule has 1 amide bonds. The molecule has 1 saturated carbocycles. The third kappa shape index (κ3) is 3.94. The summed E-state index contributed by atoms with van der Waals surface area (Å²) in [5.74, 6) is 0.883. The number of carbonyl (C=O) groups excluding carboxylic acids is 1. The van der Waals surface area contributed by atoms with Crippen molar-refractivity contribution in [1.82, 2.24) is 30.4 Å². The third-order valence-electron chi connectivity index (χ3n) is 6.05. The van der Waals surface area contributed by atoms with Gasteiger partial charge in [-0.15, -0.1) is 10.2 Å². The molecule has 5 N–H and O–H groups in total. The van der Waals surface area contributed by atoms with Gasteiger partial charge in [0.05, 0.1) is 11.9 Å². The van der Waals surface area contributed by atoms with Crippen LogP contribution in [0, 0.1) is 5.92 Å². The Morgan fingerprint density at radius 3 is 2.75 bits per heavy atom. The van der Waals surface area contributed by atoms with E-state index in [9.17, 15) is 4.79 Å². The highest BCUT2D eigenvalue weighted by atomic mass is 16.4. The Morgan fingerprint density at radius 2 is 2.03 bits per heavy atom. The second-order valence-corrected chi connectivity index (χ2v) is 8.45. The molecular weight excluding hydrogens is 408 g/mol. The Hall–Kier alpha value is -3.37. The highest BCUT2D eigenvalue weighted by molar-refractivity contribution is 5.83. The first kappa shape index (κ1) is 20.5. The second-order valence-electron chi connectivity index (χ2n) is 8.45. The minimum Gasteiger partial charge on any atom is -0.414 e. The lowest BCUT2D eigenvalue weighted by molar-refractivity contribution is -0.131. The number of nitrogen functional groups attached to an aromatic ring is 1. The van der Waals surface area contributed by atoms with Crippen molar-refractivity contribution in [2.45, 2.75) is 31.3 Å². The van der Waals surface area contributed by atoms with E-state index in [0.717, 1.165) is 37.1 Å².